The Morgan fingerprint density at radius 1 is 0.889 bits per heavy atom. The molecule has 0 unspecified atom stereocenters. The van der Waals surface area contributed by atoms with Crippen LogP contribution in [0.3, 0.4) is 0 Å². The highest BCUT2D eigenvalue weighted by Crippen LogP contribution is 2.38. The lowest BCUT2D eigenvalue weighted by Gasteiger charge is -2.32. The Bertz CT molecular complexity index is 550. The molecule has 92 valence electrons. The zero-order chi connectivity index (χ0) is 12.6. The summed E-state index contributed by atoms with van der Waals surface area (Å²) < 4.78 is 0. The van der Waals surface area contributed by atoms with E-state index in [1.807, 2.05) is 0 Å². The molecule has 0 bridgehead atoms. The van der Waals surface area contributed by atoms with Crippen LogP contribution in [0, 0.1) is 0 Å². The van der Waals surface area contributed by atoms with Gasteiger partial charge in [-0.15, -0.1) is 0 Å². The molecule has 0 saturated heterocycles. The van der Waals surface area contributed by atoms with Crippen molar-refractivity contribution in [1.29, 1.82) is 0 Å². The smallest absolute Gasteiger partial charge is 0.0101 e. The molecule has 0 aromatic heterocycles. The van der Waals surface area contributed by atoms with Gasteiger partial charge in [0, 0.05) is 0 Å². The van der Waals surface area contributed by atoms with Crippen LogP contribution in [0.1, 0.15) is 37.8 Å². The summed E-state index contributed by atoms with van der Waals surface area (Å²) in [6, 6.07) is 17.7. The molecule has 0 radical (unpaired) electrons. The van der Waals surface area contributed by atoms with Gasteiger partial charge < -0.3 is 0 Å². The average molecular weight is 236 g/mol. The van der Waals surface area contributed by atoms with Crippen molar-refractivity contribution >= 4 is 0 Å². The molecule has 0 heterocycles. The van der Waals surface area contributed by atoms with Gasteiger partial charge in [-0.05, 0) is 46.9 Å². The molecule has 0 saturated carbocycles. The summed E-state index contributed by atoms with van der Waals surface area (Å²) >= 11 is 0. The largest absolute Gasteiger partial charge is 0.0622 e. The van der Waals surface area contributed by atoms with E-state index >= 15 is 0 Å². The van der Waals surface area contributed by atoms with E-state index in [1.165, 1.54) is 30.4 Å². The molecule has 2 aromatic carbocycles. The summed E-state index contributed by atoms with van der Waals surface area (Å²) in [4.78, 5) is 0. The monoisotopic (exact) mass is 236 g/mol. The van der Waals surface area contributed by atoms with E-state index < -0.39 is 0 Å². The molecule has 0 spiro atoms. The number of benzene rings is 2. The Morgan fingerprint density at radius 3 is 2.44 bits per heavy atom. The third-order valence-electron chi connectivity index (χ3n) is 4.19. The lowest BCUT2D eigenvalue weighted by molar-refractivity contribution is 0.432. The van der Waals surface area contributed by atoms with Gasteiger partial charge in [-0.25, -0.2) is 0 Å². The molecule has 0 amide bonds. The van der Waals surface area contributed by atoms with Gasteiger partial charge >= 0.3 is 0 Å². The summed E-state index contributed by atoms with van der Waals surface area (Å²) in [5.41, 5.74) is 6.12. The minimum absolute atomic E-state index is 0.350. The molecule has 0 fully saturated rings. The minimum atomic E-state index is 0.350. The molecule has 1 aliphatic carbocycles. The van der Waals surface area contributed by atoms with Gasteiger partial charge in [0.15, 0.2) is 0 Å². The topological polar surface area (TPSA) is 0 Å². The summed E-state index contributed by atoms with van der Waals surface area (Å²) in [5, 5.41) is 0. The second kappa shape index (κ2) is 4.28. The summed E-state index contributed by atoms with van der Waals surface area (Å²) in [5.74, 6) is 0. The zero-order valence-corrected chi connectivity index (χ0v) is 11.2. The lowest BCUT2D eigenvalue weighted by atomic mass is 9.72. The number of fused-ring (bicyclic) bond motifs is 1. The predicted molar refractivity (Wildman–Crippen MR) is 77.8 cm³/mol. The molecule has 0 heteroatoms. The molecular weight excluding hydrogens is 216 g/mol. The van der Waals surface area contributed by atoms with Gasteiger partial charge in [-0.1, -0.05) is 62.4 Å². The molecule has 0 aliphatic heterocycles. The highest BCUT2D eigenvalue weighted by Gasteiger charge is 2.27. The maximum atomic E-state index is 2.39. The fraction of sp³-hybridized carbons (Fsp3) is 0.333. The van der Waals surface area contributed by atoms with Gasteiger partial charge in [-0.3, -0.25) is 0 Å². The number of rotatable bonds is 1. The first-order valence-electron chi connectivity index (χ1n) is 6.86. The van der Waals surface area contributed by atoms with Crippen LogP contribution in [0.4, 0.5) is 0 Å². The fourth-order valence-electron chi connectivity index (χ4n) is 3.13. The second-order valence-corrected chi connectivity index (χ2v) is 5.98. The lowest BCUT2D eigenvalue weighted by Crippen LogP contribution is -2.23. The standard InChI is InChI=1S/C18H20/c1-18(2)12-6-9-16-13-15(10-11-17(16)18)14-7-4-3-5-8-14/h3-5,7-8,10-11,13H,6,9,12H2,1-2H3. The van der Waals surface area contributed by atoms with Gasteiger partial charge in [0.1, 0.15) is 0 Å². The molecule has 2 aromatic rings. The first-order valence-corrected chi connectivity index (χ1v) is 6.86. The maximum absolute atomic E-state index is 2.39. The van der Waals surface area contributed by atoms with Crippen LogP contribution in [0.2, 0.25) is 0 Å². The van der Waals surface area contributed by atoms with E-state index in [2.05, 4.69) is 62.4 Å². The van der Waals surface area contributed by atoms with Crippen molar-refractivity contribution in [3.8, 4) is 11.1 Å². The zero-order valence-electron chi connectivity index (χ0n) is 11.2. The Hall–Kier alpha value is -1.56. The van der Waals surface area contributed by atoms with Crippen molar-refractivity contribution in [2.45, 2.75) is 38.5 Å². The average Bonchev–Trinajstić information content (AvgIpc) is 2.39. The summed E-state index contributed by atoms with van der Waals surface area (Å²) in [6.07, 6.45) is 3.86. The SMILES string of the molecule is CC1(C)CCCc2cc(-c3ccccc3)ccc21. The van der Waals surface area contributed by atoms with Crippen LogP contribution in [0.25, 0.3) is 11.1 Å². The summed E-state index contributed by atoms with van der Waals surface area (Å²) in [6.45, 7) is 4.74. The third kappa shape index (κ3) is 1.96. The highest BCUT2D eigenvalue weighted by atomic mass is 14.3. The summed E-state index contributed by atoms with van der Waals surface area (Å²) in [7, 11) is 0. The van der Waals surface area contributed by atoms with Crippen LogP contribution in [-0.4, -0.2) is 0 Å². The fourth-order valence-corrected chi connectivity index (χ4v) is 3.13. The number of aryl methyl sites for hydroxylation is 1. The van der Waals surface area contributed by atoms with E-state index in [-0.39, 0.29) is 0 Å². The molecule has 1 aliphatic rings. The van der Waals surface area contributed by atoms with E-state index in [9.17, 15) is 0 Å². The minimum Gasteiger partial charge on any atom is -0.0622 e. The molecule has 0 atom stereocenters. The molecule has 0 nitrogen and oxygen atoms in total. The first-order chi connectivity index (χ1) is 8.67. The Kier molecular flexibility index (Phi) is 2.74. The van der Waals surface area contributed by atoms with Crippen LogP contribution in [-0.2, 0) is 11.8 Å². The second-order valence-electron chi connectivity index (χ2n) is 5.98. The van der Waals surface area contributed by atoms with Crippen molar-refractivity contribution in [1.82, 2.24) is 0 Å². The van der Waals surface area contributed by atoms with Crippen LogP contribution >= 0.6 is 0 Å². The van der Waals surface area contributed by atoms with Crippen LogP contribution in [0.5, 0.6) is 0 Å². The maximum Gasteiger partial charge on any atom is -0.0101 e. The van der Waals surface area contributed by atoms with Crippen molar-refractivity contribution in [2.24, 2.45) is 0 Å². The molecule has 0 N–H and O–H groups in total. The van der Waals surface area contributed by atoms with E-state index in [4.69, 9.17) is 0 Å². The van der Waals surface area contributed by atoms with Gasteiger partial charge in [0.25, 0.3) is 0 Å². The molecule has 3 rings (SSSR count). The van der Waals surface area contributed by atoms with E-state index in [1.54, 1.807) is 11.1 Å². The highest BCUT2D eigenvalue weighted by molar-refractivity contribution is 5.65. The number of hydrogen-bond acceptors (Lipinski definition) is 0. The Morgan fingerprint density at radius 2 is 1.67 bits per heavy atom. The van der Waals surface area contributed by atoms with E-state index in [0.717, 1.165) is 0 Å². The van der Waals surface area contributed by atoms with Crippen LogP contribution < -0.4 is 0 Å². The first kappa shape index (κ1) is 11.5. The normalized spacial score (nSPS) is 17.2. The van der Waals surface area contributed by atoms with E-state index in [0.29, 0.717) is 5.41 Å². The Labute approximate surface area is 110 Å². The number of hydrogen-bond donors (Lipinski definition) is 0. The van der Waals surface area contributed by atoms with Crippen molar-refractivity contribution in [3.63, 3.8) is 0 Å². The molecule has 18 heavy (non-hydrogen) atoms. The van der Waals surface area contributed by atoms with Crippen molar-refractivity contribution in [2.75, 3.05) is 0 Å². The molecular formula is C18H20. The Balaban J connectivity index is 2.07. The van der Waals surface area contributed by atoms with Gasteiger partial charge in [0.2, 0.25) is 0 Å². The van der Waals surface area contributed by atoms with Gasteiger partial charge in [-0.2, -0.15) is 0 Å². The van der Waals surface area contributed by atoms with Crippen molar-refractivity contribution in [3.05, 3.63) is 59.7 Å². The predicted octanol–water partition coefficient (Wildman–Crippen LogP) is 4.97. The van der Waals surface area contributed by atoms with Crippen molar-refractivity contribution < 1.29 is 0 Å². The van der Waals surface area contributed by atoms with Crippen LogP contribution in [0.15, 0.2) is 48.5 Å². The quantitative estimate of drug-likeness (QED) is 0.656. The third-order valence-corrected chi connectivity index (χ3v) is 4.19. The van der Waals surface area contributed by atoms with Gasteiger partial charge in [0.05, 0.1) is 0 Å².